The number of benzene rings is 1. The maximum atomic E-state index is 14.4. The molecule has 1 atom stereocenters. The highest BCUT2D eigenvalue weighted by Gasteiger charge is 2.35. The lowest BCUT2D eigenvalue weighted by molar-refractivity contribution is -0.134. The lowest BCUT2D eigenvalue weighted by atomic mass is 9.88. The summed E-state index contributed by atoms with van der Waals surface area (Å²) in [6, 6.07) is 4.16. The molecule has 7 nitrogen and oxygen atoms in total. The minimum absolute atomic E-state index is 0.0311. The van der Waals surface area contributed by atoms with Gasteiger partial charge in [-0.05, 0) is 32.4 Å². The first-order valence-corrected chi connectivity index (χ1v) is 10.3. The number of nitrogens with zero attached hydrogens (tertiary/aromatic N) is 1. The molecule has 1 aromatic carbocycles. The number of rotatable bonds is 6. The van der Waals surface area contributed by atoms with Crippen molar-refractivity contribution in [3.8, 4) is 5.75 Å². The number of piperidine rings is 1. The second-order valence-electron chi connectivity index (χ2n) is 7.42. The van der Waals surface area contributed by atoms with Crippen LogP contribution in [0, 0.1) is 5.82 Å². The van der Waals surface area contributed by atoms with Crippen LogP contribution >= 0.6 is 22.9 Å². The van der Waals surface area contributed by atoms with Crippen LogP contribution in [0.2, 0.25) is 0 Å². The van der Waals surface area contributed by atoms with E-state index in [2.05, 4.69) is 50.5 Å². The predicted molar refractivity (Wildman–Crippen MR) is 108 cm³/mol. The van der Waals surface area contributed by atoms with Gasteiger partial charge in [0.05, 0.1) is 5.56 Å². The number of hydrogen-bond donors (Lipinski definition) is 2. The molecule has 1 heterocycles. The number of carbonyl (C=O) groups excluding carboxylic acids is 3. The van der Waals surface area contributed by atoms with Crippen molar-refractivity contribution in [1.82, 2.24) is 13.7 Å². The summed E-state index contributed by atoms with van der Waals surface area (Å²) in [6.07, 6.45) is 2.12. The molecular formula is C19H23FIN3O4. The fraction of sp³-hybridized carbons (Fsp3) is 0.526. The average Bonchev–Trinajstić information content (AvgIpc) is 2.59. The molecule has 1 saturated heterocycles. The Balaban J connectivity index is 1.55. The molecule has 0 spiro atoms. The third-order valence-electron chi connectivity index (χ3n) is 4.94. The van der Waals surface area contributed by atoms with Crippen molar-refractivity contribution in [2.75, 3.05) is 0 Å². The van der Waals surface area contributed by atoms with Crippen LogP contribution in [-0.4, -0.2) is 45.1 Å². The molecule has 1 aliphatic heterocycles. The van der Waals surface area contributed by atoms with Crippen molar-refractivity contribution in [2.24, 2.45) is 0 Å². The number of amides is 3. The highest BCUT2D eigenvalue weighted by Crippen LogP contribution is 2.33. The second kappa shape index (κ2) is 8.73. The monoisotopic (exact) mass is 503 g/mol. The molecule has 2 fully saturated rings. The van der Waals surface area contributed by atoms with Gasteiger partial charge in [0.2, 0.25) is 11.8 Å². The minimum atomic E-state index is -0.843. The molecule has 0 bridgehead atoms. The van der Waals surface area contributed by atoms with Crippen LogP contribution in [0.3, 0.4) is 0 Å². The topological polar surface area (TPSA) is 87.7 Å². The van der Waals surface area contributed by atoms with E-state index < -0.39 is 23.7 Å². The van der Waals surface area contributed by atoms with Gasteiger partial charge >= 0.3 is 0 Å². The second-order valence-corrected chi connectivity index (χ2v) is 8.54. The van der Waals surface area contributed by atoms with Gasteiger partial charge in [-0.3, -0.25) is 19.7 Å². The van der Waals surface area contributed by atoms with Gasteiger partial charge in [-0.15, -0.1) is 0 Å². The van der Waals surface area contributed by atoms with Gasteiger partial charge in [0.25, 0.3) is 5.91 Å². The molecule has 3 rings (SSSR count). The van der Waals surface area contributed by atoms with Crippen LogP contribution < -0.4 is 15.4 Å². The van der Waals surface area contributed by atoms with Gasteiger partial charge in [0, 0.05) is 60.3 Å². The van der Waals surface area contributed by atoms with E-state index in [4.69, 9.17) is 4.74 Å². The summed E-state index contributed by atoms with van der Waals surface area (Å²) in [5.74, 6) is -1.98. The SMILES string of the molecule is CC(C)N(I)[C@H]1C[C@H](Oc2ccc(C(=O)N[C@H]3CCC(=O)NC3=O)c(F)c2)C1. The first-order chi connectivity index (χ1) is 13.2. The Morgan fingerprint density at radius 2 is 2.07 bits per heavy atom. The molecule has 0 radical (unpaired) electrons. The highest BCUT2D eigenvalue weighted by atomic mass is 127. The van der Waals surface area contributed by atoms with Crippen LogP contribution in [0.1, 0.15) is 49.9 Å². The van der Waals surface area contributed by atoms with Crippen molar-refractivity contribution in [3.63, 3.8) is 0 Å². The third-order valence-corrected chi connectivity index (χ3v) is 6.85. The Hall–Kier alpha value is -1.75. The molecule has 0 unspecified atom stereocenters. The number of carbonyl (C=O) groups is 3. The molecule has 152 valence electrons. The average molecular weight is 503 g/mol. The van der Waals surface area contributed by atoms with Gasteiger partial charge < -0.3 is 10.1 Å². The van der Waals surface area contributed by atoms with E-state index in [0.717, 1.165) is 12.8 Å². The summed E-state index contributed by atoms with van der Waals surface area (Å²) in [5, 5.41) is 4.62. The Morgan fingerprint density at radius 3 is 2.68 bits per heavy atom. The normalized spacial score (nSPS) is 24.7. The maximum Gasteiger partial charge on any atom is 0.254 e. The summed E-state index contributed by atoms with van der Waals surface area (Å²) < 4.78 is 22.5. The summed E-state index contributed by atoms with van der Waals surface area (Å²) in [7, 11) is 0. The fourth-order valence-corrected chi connectivity index (χ4v) is 3.72. The van der Waals surface area contributed by atoms with Crippen LogP contribution in [0.4, 0.5) is 4.39 Å². The van der Waals surface area contributed by atoms with E-state index >= 15 is 0 Å². The number of hydrogen-bond acceptors (Lipinski definition) is 5. The van der Waals surface area contributed by atoms with Crippen LogP contribution in [0.15, 0.2) is 18.2 Å². The molecule has 2 N–H and O–H groups in total. The van der Waals surface area contributed by atoms with E-state index in [1.807, 2.05) is 0 Å². The van der Waals surface area contributed by atoms with E-state index in [0.29, 0.717) is 17.8 Å². The van der Waals surface area contributed by atoms with Crippen molar-refractivity contribution in [1.29, 1.82) is 0 Å². The van der Waals surface area contributed by atoms with Crippen molar-refractivity contribution in [3.05, 3.63) is 29.6 Å². The van der Waals surface area contributed by atoms with E-state index in [9.17, 15) is 18.8 Å². The lowest BCUT2D eigenvalue weighted by Gasteiger charge is -2.41. The lowest BCUT2D eigenvalue weighted by Crippen LogP contribution is -2.52. The summed E-state index contributed by atoms with van der Waals surface area (Å²) in [5.41, 5.74) is -0.165. The van der Waals surface area contributed by atoms with Gasteiger partial charge in [-0.1, -0.05) is 0 Å². The zero-order chi connectivity index (χ0) is 20.4. The van der Waals surface area contributed by atoms with Crippen LogP contribution in [0.5, 0.6) is 5.75 Å². The Labute approximate surface area is 176 Å². The quantitative estimate of drug-likeness (QED) is 0.354. The molecule has 1 aliphatic carbocycles. The fourth-order valence-electron chi connectivity index (χ4n) is 3.27. The standard InChI is InChI=1S/C19H23FIN3O4/c1-10(2)24(21)11-7-13(8-11)28-12-3-4-14(15(20)9-12)18(26)22-16-5-6-17(25)23-19(16)27/h3-4,9-11,13,16H,5-8H2,1-2H3,(H,22,26)(H,23,25,27)/t11-,13-,16-/m0/s1. The third kappa shape index (κ3) is 4.80. The molecule has 28 heavy (non-hydrogen) atoms. The zero-order valence-corrected chi connectivity index (χ0v) is 17.9. The van der Waals surface area contributed by atoms with E-state index in [1.165, 1.54) is 12.1 Å². The van der Waals surface area contributed by atoms with Crippen molar-refractivity contribution in [2.45, 2.75) is 63.8 Å². The molecule has 0 aromatic heterocycles. The number of halogens is 2. The van der Waals surface area contributed by atoms with Gasteiger partial charge in [-0.25, -0.2) is 7.50 Å². The van der Waals surface area contributed by atoms with Crippen LogP contribution in [-0.2, 0) is 9.59 Å². The Bertz CT molecular complexity index is 782. The minimum Gasteiger partial charge on any atom is -0.490 e. The van der Waals surface area contributed by atoms with E-state index in [-0.39, 0.29) is 30.4 Å². The Morgan fingerprint density at radius 1 is 1.36 bits per heavy atom. The molecule has 9 heteroatoms. The number of imide groups is 1. The first-order valence-electron chi connectivity index (χ1n) is 9.29. The Kier molecular flexibility index (Phi) is 6.54. The predicted octanol–water partition coefficient (Wildman–Crippen LogP) is 2.33. The maximum absolute atomic E-state index is 14.4. The number of ether oxygens (including phenoxy) is 1. The van der Waals surface area contributed by atoms with Gasteiger partial charge in [0.1, 0.15) is 23.7 Å². The summed E-state index contributed by atoms with van der Waals surface area (Å²) in [6.45, 7) is 4.27. The van der Waals surface area contributed by atoms with Crippen molar-refractivity contribution >= 4 is 40.6 Å². The molecule has 1 saturated carbocycles. The van der Waals surface area contributed by atoms with Crippen molar-refractivity contribution < 1.29 is 23.5 Å². The molecular weight excluding hydrogens is 480 g/mol. The van der Waals surface area contributed by atoms with Crippen LogP contribution in [0.25, 0.3) is 0 Å². The van der Waals surface area contributed by atoms with Gasteiger partial charge in [-0.2, -0.15) is 0 Å². The summed E-state index contributed by atoms with van der Waals surface area (Å²) >= 11 is 2.32. The van der Waals surface area contributed by atoms with E-state index in [1.54, 1.807) is 6.07 Å². The first kappa shape index (κ1) is 21.0. The highest BCUT2D eigenvalue weighted by molar-refractivity contribution is 14.1. The molecule has 1 aromatic rings. The molecule has 3 amide bonds. The smallest absolute Gasteiger partial charge is 0.254 e. The zero-order valence-electron chi connectivity index (χ0n) is 15.7. The van der Waals surface area contributed by atoms with Gasteiger partial charge in [0.15, 0.2) is 0 Å². The largest absolute Gasteiger partial charge is 0.490 e. The number of nitrogens with one attached hydrogen (secondary N) is 2. The summed E-state index contributed by atoms with van der Waals surface area (Å²) in [4.78, 5) is 35.2. The molecule has 2 aliphatic rings.